The minimum absolute atomic E-state index is 0.0428. The van der Waals surface area contributed by atoms with E-state index in [2.05, 4.69) is 11.2 Å². The second kappa shape index (κ2) is 5.05. The standard InChI is InChI=1S/C11H11NO2/c1-2-4-11(14)12-10-6-3-5-9(7-10)8-13/h1,3,5-7,13H,4,8H2,(H,12,14). The lowest BCUT2D eigenvalue weighted by molar-refractivity contribution is -0.115. The van der Waals surface area contributed by atoms with E-state index in [-0.39, 0.29) is 18.9 Å². The molecule has 0 aliphatic heterocycles. The first-order valence-electron chi connectivity index (χ1n) is 4.19. The topological polar surface area (TPSA) is 49.3 Å². The molecule has 0 aromatic heterocycles. The third-order valence-electron chi connectivity index (χ3n) is 1.66. The summed E-state index contributed by atoms with van der Waals surface area (Å²) in [4.78, 5) is 11.1. The molecule has 0 atom stereocenters. The first-order chi connectivity index (χ1) is 6.76. The number of aliphatic hydroxyl groups excluding tert-OH is 1. The normalized spacial score (nSPS) is 9.14. The van der Waals surface area contributed by atoms with E-state index in [4.69, 9.17) is 11.5 Å². The molecule has 0 bridgehead atoms. The Labute approximate surface area is 82.8 Å². The average molecular weight is 189 g/mol. The third kappa shape index (κ3) is 2.92. The maximum Gasteiger partial charge on any atom is 0.236 e. The van der Waals surface area contributed by atoms with Crippen LogP contribution in [0.3, 0.4) is 0 Å². The second-order valence-electron chi connectivity index (χ2n) is 2.79. The van der Waals surface area contributed by atoms with E-state index in [0.29, 0.717) is 5.69 Å². The Morgan fingerprint density at radius 2 is 2.36 bits per heavy atom. The van der Waals surface area contributed by atoms with Crippen molar-refractivity contribution in [2.24, 2.45) is 0 Å². The van der Waals surface area contributed by atoms with E-state index < -0.39 is 0 Å². The van der Waals surface area contributed by atoms with Crippen molar-refractivity contribution in [3.8, 4) is 12.3 Å². The number of carbonyl (C=O) groups is 1. The van der Waals surface area contributed by atoms with Crippen molar-refractivity contribution in [1.82, 2.24) is 0 Å². The Morgan fingerprint density at radius 1 is 1.57 bits per heavy atom. The van der Waals surface area contributed by atoms with Crippen LogP contribution in [0.5, 0.6) is 0 Å². The van der Waals surface area contributed by atoms with Crippen LogP contribution in [0.4, 0.5) is 5.69 Å². The first kappa shape index (κ1) is 10.3. The highest BCUT2D eigenvalue weighted by atomic mass is 16.3. The van der Waals surface area contributed by atoms with Crippen molar-refractivity contribution in [2.45, 2.75) is 13.0 Å². The highest BCUT2D eigenvalue weighted by molar-refractivity contribution is 5.92. The molecule has 0 spiro atoms. The van der Waals surface area contributed by atoms with Gasteiger partial charge in [0.25, 0.3) is 0 Å². The van der Waals surface area contributed by atoms with Gasteiger partial charge in [0.15, 0.2) is 0 Å². The molecule has 0 aliphatic rings. The van der Waals surface area contributed by atoms with Gasteiger partial charge in [0.1, 0.15) is 0 Å². The van der Waals surface area contributed by atoms with E-state index in [9.17, 15) is 4.79 Å². The molecule has 1 amide bonds. The number of benzene rings is 1. The van der Waals surface area contributed by atoms with Crippen LogP contribution in [-0.2, 0) is 11.4 Å². The summed E-state index contributed by atoms with van der Waals surface area (Å²) in [5, 5.41) is 11.5. The summed E-state index contributed by atoms with van der Waals surface area (Å²) in [6, 6.07) is 6.98. The zero-order chi connectivity index (χ0) is 10.4. The van der Waals surface area contributed by atoms with Gasteiger partial charge in [-0.25, -0.2) is 0 Å². The summed E-state index contributed by atoms with van der Waals surface area (Å²) in [5.41, 5.74) is 1.40. The molecule has 0 saturated heterocycles. The fourth-order valence-electron chi connectivity index (χ4n) is 1.05. The molecular formula is C11H11NO2. The monoisotopic (exact) mass is 189 g/mol. The molecule has 2 N–H and O–H groups in total. The number of nitrogens with one attached hydrogen (secondary N) is 1. The van der Waals surface area contributed by atoms with Crippen LogP contribution in [0.1, 0.15) is 12.0 Å². The molecule has 1 rings (SSSR count). The smallest absolute Gasteiger partial charge is 0.236 e. The van der Waals surface area contributed by atoms with Crippen LogP contribution in [0.2, 0.25) is 0 Å². The van der Waals surface area contributed by atoms with Crippen LogP contribution in [-0.4, -0.2) is 11.0 Å². The zero-order valence-electron chi connectivity index (χ0n) is 7.66. The molecular weight excluding hydrogens is 178 g/mol. The van der Waals surface area contributed by atoms with E-state index in [0.717, 1.165) is 5.56 Å². The van der Waals surface area contributed by atoms with Crippen molar-refractivity contribution in [3.05, 3.63) is 29.8 Å². The number of terminal acetylenes is 1. The number of hydrogen-bond acceptors (Lipinski definition) is 2. The van der Waals surface area contributed by atoms with Gasteiger partial charge >= 0.3 is 0 Å². The summed E-state index contributed by atoms with van der Waals surface area (Å²) in [5.74, 6) is 2.04. The van der Waals surface area contributed by atoms with Gasteiger partial charge < -0.3 is 10.4 Å². The third-order valence-corrected chi connectivity index (χ3v) is 1.66. The quantitative estimate of drug-likeness (QED) is 0.700. The van der Waals surface area contributed by atoms with Crippen molar-refractivity contribution in [2.75, 3.05) is 5.32 Å². The average Bonchev–Trinajstić information content (AvgIpc) is 2.18. The molecule has 14 heavy (non-hydrogen) atoms. The Morgan fingerprint density at radius 3 is 3.00 bits per heavy atom. The minimum atomic E-state index is -0.220. The zero-order valence-corrected chi connectivity index (χ0v) is 7.66. The first-order valence-corrected chi connectivity index (χ1v) is 4.19. The van der Waals surface area contributed by atoms with Crippen LogP contribution in [0.15, 0.2) is 24.3 Å². The van der Waals surface area contributed by atoms with Gasteiger partial charge in [0.2, 0.25) is 5.91 Å². The summed E-state index contributed by atoms with van der Waals surface area (Å²) >= 11 is 0. The van der Waals surface area contributed by atoms with Crippen LogP contribution in [0.25, 0.3) is 0 Å². The maximum absolute atomic E-state index is 11.1. The van der Waals surface area contributed by atoms with Crippen LogP contribution < -0.4 is 5.32 Å². The summed E-state index contributed by atoms with van der Waals surface area (Å²) in [7, 11) is 0. The van der Waals surface area contributed by atoms with Crippen molar-refractivity contribution in [1.29, 1.82) is 0 Å². The Hall–Kier alpha value is -1.79. The van der Waals surface area contributed by atoms with Gasteiger partial charge in [-0.2, -0.15) is 0 Å². The molecule has 72 valence electrons. The van der Waals surface area contributed by atoms with Gasteiger partial charge in [-0.05, 0) is 17.7 Å². The van der Waals surface area contributed by atoms with Gasteiger partial charge in [-0.3, -0.25) is 4.79 Å². The van der Waals surface area contributed by atoms with E-state index >= 15 is 0 Å². The molecule has 3 nitrogen and oxygen atoms in total. The number of hydrogen-bond donors (Lipinski definition) is 2. The largest absolute Gasteiger partial charge is 0.392 e. The molecule has 0 heterocycles. The molecule has 3 heteroatoms. The maximum atomic E-state index is 11.1. The van der Waals surface area contributed by atoms with E-state index in [1.54, 1.807) is 24.3 Å². The molecule has 0 radical (unpaired) electrons. The number of anilines is 1. The molecule has 1 aromatic carbocycles. The lowest BCUT2D eigenvalue weighted by Crippen LogP contribution is -2.10. The molecule has 0 saturated carbocycles. The fourth-order valence-corrected chi connectivity index (χ4v) is 1.05. The number of carbonyl (C=O) groups excluding carboxylic acids is 1. The number of aliphatic hydroxyl groups is 1. The molecule has 1 aromatic rings. The van der Waals surface area contributed by atoms with E-state index in [1.165, 1.54) is 0 Å². The highest BCUT2D eigenvalue weighted by Gasteiger charge is 1.99. The number of amides is 1. The van der Waals surface area contributed by atoms with Gasteiger partial charge in [0.05, 0.1) is 13.0 Å². The summed E-state index contributed by atoms with van der Waals surface area (Å²) in [6.07, 6.45) is 5.05. The molecule has 0 unspecified atom stereocenters. The van der Waals surface area contributed by atoms with Gasteiger partial charge in [-0.1, -0.05) is 18.1 Å². The van der Waals surface area contributed by atoms with E-state index in [1.807, 2.05) is 0 Å². The SMILES string of the molecule is C#CCC(=O)Nc1cccc(CO)c1. The molecule has 0 fully saturated rings. The minimum Gasteiger partial charge on any atom is -0.392 e. The predicted molar refractivity (Wildman–Crippen MR) is 54.4 cm³/mol. The fraction of sp³-hybridized carbons (Fsp3) is 0.182. The lowest BCUT2D eigenvalue weighted by Gasteiger charge is -2.04. The summed E-state index contributed by atoms with van der Waals surface area (Å²) in [6.45, 7) is -0.0428. The Kier molecular flexibility index (Phi) is 3.71. The number of rotatable bonds is 3. The molecule has 0 aliphatic carbocycles. The highest BCUT2D eigenvalue weighted by Crippen LogP contribution is 2.10. The van der Waals surface area contributed by atoms with Gasteiger partial charge in [-0.15, -0.1) is 6.42 Å². The van der Waals surface area contributed by atoms with Crippen molar-refractivity contribution < 1.29 is 9.90 Å². The van der Waals surface area contributed by atoms with Crippen LogP contribution in [0, 0.1) is 12.3 Å². The summed E-state index contributed by atoms with van der Waals surface area (Å²) < 4.78 is 0. The Balaban J connectivity index is 2.68. The lowest BCUT2D eigenvalue weighted by atomic mass is 10.2. The van der Waals surface area contributed by atoms with Gasteiger partial charge in [0, 0.05) is 5.69 Å². The Bertz CT molecular complexity index is 366. The second-order valence-corrected chi connectivity index (χ2v) is 2.79. The van der Waals surface area contributed by atoms with Crippen LogP contribution >= 0.6 is 0 Å². The van der Waals surface area contributed by atoms with Crippen molar-refractivity contribution in [3.63, 3.8) is 0 Å². The predicted octanol–water partition coefficient (Wildman–Crippen LogP) is 1.14. The van der Waals surface area contributed by atoms with Crippen molar-refractivity contribution >= 4 is 11.6 Å².